The van der Waals surface area contributed by atoms with Gasteiger partial charge in [-0.3, -0.25) is 4.98 Å². The van der Waals surface area contributed by atoms with Crippen molar-refractivity contribution >= 4 is 29.2 Å². The van der Waals surface area contributed by atoms with Crippen molar-refractivity contribution < 1.29 is 4.39 Å². The second-order valence-electron chi connectivity index (χ2n) is 4.72. The van der Waals surface area contributed by atoms with Crippen molar-refractivity contribution in [1.82, 2.24) is 15.6 Å². The van der Waals surface area contributed by atoms with E-state index in [1.54, 1.807) is 24.4 Å². The third-order valence-corrected chi connectivity index (χ3v) is 3.61. The summed E-state index contributed by atoms with van der Waals surface area (Å²) < 4.78 is 13.6. The Morgan fingerprint density at radius 2 is 2.09 bits per heavy atom. The van der Waals surface area contributed by atoms with Crippen LogP contribution in [0, 0.1) is 5.82 Å². The van der Waals surface area contributed by atoms with Gasteiger partial charge in [0.25, 0.3) is 0 Å². The Balaban J connectivity index is 2.04. The van der Waals surface area contributed by atoms with E-state index < -0.39 is 0 Å². The highest BCUT2D eigenvalue weighted by molar-refractivity contribution is 6.35. The first-order chi connectivity index (χ1) is 11.1. The lowest BCUT2D eigenvalue weighted by Crippen LogP contribution is -2.37. The van der Waals surface area contributed by atoms with Gasteiger partial charge in [-0.15, -0.1) is 0 Å². The van der Waals surface area contributed by atoms with Crippen molar-refractivity contribution in [1.29, 1.82) is 0 Å². The number of nitrogens with zero attached hydrogens (tertiary/aromatic N) is 2. The predicted molar refractivity (Wildman–Crippen MR) is 92.3 cm³/mol. The molecular formula is C16H17Cl2FN4. The van der Waals surface area contributed by atoms with Gasteiger partial charge in [0.2, 0.25) is 0 Å². The first-order valence-electron chi connectivity index (χ1n) is 7.15. The number of pyridine rings is 1. The lowest BCUT2D eigenvalue weighted by molar-refractivity contribution is 0.592. The number of benzene rings is 1. The van der Waals surface area contributed by atoms with E-state index in [0.717, 1.165) is 5.56 Å². The molecule has 0 radical (unpaired) electrons. The Kier molecular flexibility index (Phi) is 6.62. The summed E-state index contributed by atoms with van der Waals surface area (Å²) in [5, 5.41) is 7.28. The molecule has 7 heteroatoms. The summed E-state index contributed by atoms with van der Waals surface area (Å²) >= 11 is 12.0. The summed E-state index contributed by atoms with van der Waals surface area (Å²) in [4.78, 5) is 8.43. The van der Waals surface area contributed by atoms with Gasteiger partial charge in [0.1, 0.15) is 5.82 Å². The lowest BCUT2D eigenvalue weighted by Gasteiger charge is -2.11. The normalized spacial score (nSPS) is 11.4. The number of nitrogens with one attached hydrogen (secondary N) is 2. The van der Waals surface area contributed by atoms with E-state index in [1.165, 1.54) is 6.07 Å². The molecule has 0 unspecified atom stereocenters. The number of rotatable bonds is 5. The fraction of sp³-hybridized carbons (Fsp3) is 0.250. The molecule has 0 saturated carbocycles. The Morgan fingerprint density at radius 3 is 2.78 bits per heavy atom. The second-order valence-corrected chi connectivity index (χ2v) is 5.56. The van der Waals surface area contributed by atoms with Gasteiger partial charge < -0.3 is 10.6 Å². The Labute approximate surface area is 144 Å². The largest absolute Gasteiger partial charge is 0.357 e. The van der Waals surface area contributed by atoms with Crippen LogP contribution in [0.15, 0.2) is 41.5 Å². The number of halogens is 3. The first kappa shape index (κ1) is 17.5. The van der Waals surface area contributed by atoms with Gasteiger partial charge in [0.05, 0.1) is 18.8 Å². The van der Waals surface area contributed by atoms with Crippen LogP contribution in [0.4, 0.5) is 4.39 Å². The van der Waals surface area contributed by atoms with Crippen molar-refractivity contribution in [3.8, 4) is 0 Å². The van der Waals surface area contributed by atoms with Gasteiger partial charge in [0, 0.05) is 22.8 Å². The third kappa shape index (κ3) is 5.37. The van der Waals surface area contributed by atoms with E-state index in [1.807, 2.05) is 13.0 Å². The van der Waals surface area contributed by atoms with Crippen LogP contribution >= 0.6 is 23.2 Å². The minimum Gasteiger partial charge on any atom is -0.357 e. The Hall–Kier alpha value is -1.85. The molecule has 0 spiro atoms. The molecule has 0 aliphatic heterocycles. The topological polar surface area (TPSA) is 49.3 Å². The minimum atomic E-state index is -0.350. The van der Waals surface area contributed by atoms with Crippen LogP contribution in [0.2, 0.25) is 10.0 Å². The number of hydrogen-bond donors (Lipinski definition) is 2. The molecule has 0 aliphatic rings. The van der Waals surface area contributed by atoms with Crippen LogP contribution in [-0.4, -0.2) is 17.5 Å². The van der Waals surface area contributed by atoms with Crippen LogP contribution in [0.5, 0.6) is 0 Å². The van der Waals surface area contributed by atoms with E-state index in [2.05, 4.69) is 20.6 Å². The van der Waals surface area contributed by atoms with Crippen LogP contribution in [0.3, 0.4) is 0 Å². The molecule has 0 atom stereocenters. The zero-order chi connectivity index (χ0) is 16.7. The SMILES string of the molecule is CCNC(=NCc1ccc(Cl)cc1Cl)NCc1ncccc1F. The predicted octanol–water partition coefficient (Wildman–Crippen LogP) is 3.78. The van der Waals surface area contributed by atoms with Gasteiger partial charge in [-0.1, -0.05) is 29.3 Å². The quantitative estimate of drug-likeness (QED) is 0.634. The van der Waals surface area contributed by atoms with Crippen molar-refractivity contribution in [2.45, 2.75) is 20.0 Å². The molecular weight excluding hydrogens is 338 g/mol. The molecule has 1 heterocycles. The van der Waals surface area contributed by atoms with Gasteiger partial charge in [-0.05, 0) is 36.8 Å². The van der Waals surface area contributed by atoms with Gasteiger partial charge in [0.15, 0.2) is 5.96 Å². The monoisotopic (exact) mass is 354 g/mol. The number of aliphatic imine (C=N–C) groups is 1. The van der Waals surface area contributed by atoms with Crippen molar-refractivity contribution in [3.63, 3.8) is 0 Å². The Morgan fingerprint density at radius 1 is 1.26 bits per heavy atom. The highest BCUT2D eigenvalue weighted by Gasteiger charge is 2.05. The fourth-order valence-corrected chi connectivity index (χ4v) is 2.34. The molecule has 2 rings (SSSR count). The van der Waals surface area contributed by atoms with Gasteiger partial charge in [-0.25, -0.2) is 9.38 Å². The lowest BCUT2D eigenvalue weighted by atomic mass is 10.2. The highest BCUT2D eigenvalue weighted by atomic mass is 35.5. The maximum Gasteiger partial charge on any atom is 0.191 e. The number of hydrogen-bond acceptors (Lipinski definition) is 2. The van der Waals surface area contributed by atoms with Crippen molar-refractivity contribution in [2.24, 2.45) is 4.99 Å². The van der Waals surface area contributed by atoms with Gasteiger partial charge >= 0.3 is 0 Å². The molecule has 1 aromatic carbocycles. The van der Waals surface area contributed by atoms with E-state index >= 15 is 0 Å². The summed E-state index contributed by atoms with van der Waals surface area (Å²) in [6, 6.07) is 8.21. The molecule has 0 fully saturated rings. The molecule has 1 aromatic heterocycles. The molecule has 2 N–H and O–H groups in total. The van der Waals surface area contributed by atoms with Crippen LogP contribution in [-0.2, 0) is 13.1 Å². The maximum absolute atomic E-state index is 13.6. The number of aromatic nitrogens is 1. The van der Waals surface area contributed by atoms with E-state index in [9.17, 15) is 4.39 Å². The van der Waals surface area contributed by atoms with Gasteiger partial charge in [-0.2, -0.15) is 0 Å². The zero-order valence-corrected chi connectivity index (χ0v) is 14.1. The molecule has 2 aromatic rings. The highest BCUT2D eigenvalue weighted by Crippen LogP contribution is 2.21. The summed E-state index contributed by atoms with van der Waals surface area (Å²) in [6.07, 6.45) is 1.55. The van der Waals surface area contributed by atoms with E-state index in [0.29, 0.717) is 34.8 Å². The van der Waals surface area contributed by atoms with Crippen molar-refractivity contribution in [3.05, 3.63) is 63.6 Å². The summed E-state index contributed by atoms with van der Waals surface area (Å²) in [7, 11) is 0. The number of guanidine groups is 1. The summed E-state index contributed by atoms with van der Waals surface area (Å²) in [6.45, 7) is 3.27. The smallest absolute Gasteiger partial charge is 0.191 e. The minimum absolute atomic E-state index is 0.243. The standard InChI is InChI=1S/C16H17Cl2FN4/c1-2-20-16(23-10-15-14(19)4-3-7-21-15)22-9-11-5-6-12(17)8-13(11)18/h3-8H,2,9-10H2,1H3,(H2,20,22,23). The fourth-order valence-electron chi connectivity index (χ4n) is 1.87. The molecule has 0 saturated heterocycles. The van der Waals surface area contributed by atoms with Crippen LogP contribution in [0.25, 0.3) is 0 Å². The van der Waals surface area contributed by atoms with E-state index in [-0.39, 0.29) is 12.4 Å². The molecule has 122 valence electrons. The van der Waals surface area contributed by atoms with Crippen molar-refractivity contribution in [2.75, 3.05) is 6.54 Å². The average Bonchev–Trinajstić information content (AvgIpc) is 2.53. The molecule has 23 heavy (non-hydrogen) atoms. The average molecular weight is 355 g/mol. The first-order valence-corrected chi connectivity index (χ1v) is 7.91. The second kappa shape index (κ2) is 8.70. The van der Waals surface area contributed by atoms with E-state index in [4.69, 9.17) is 23.2 Å². The molecule has 0 aliphatic carbocycles. The summed E-state index contributed by atoms with van der Waals surface area (Å²) in [5.74, 6) is 0.208. The van der Waals surface area contributed by atoms with Crippen LogP contribution < -0.4 is 10.6 Å². The summed E-state index contributed by atoms with van der Waals surface area (Å²) in [5.41, 5.74) is 1.19. The van der Waals surface area contributed by atoms with Crippen LogP contribution in [0.1, 0.15) is 18.2 Å². The molecule has 4 nitrogen and oxygen atoms in total. The zero-order valence-electron chi connectivity index (χ0n) is 12.6. The maximum atomic E-state index is 13.6. The Bertz CT molecular complexity index is 692. The third-order valence-electron chi connectivity index (χ3n) is 3.02. The molecule has 0 amide bonds. The molecule has 0 bridgehead atoms.